The number of hydrogen-bond donors (Lipinski definition) is 2. The topological polar surface area (TPSA) is 49.3 Å². The summed E-state index contributed by atoms with van der Waals surface area (Å²) in [7, 11) is 0. The first kappa shape index (κ1) is 13.2. The molecule has 0 aromatic carbocycles. The molecule has 1 heterocycles. The lowest BCUT2D eigenvalue weighted by Crippen LogP contribution is -2.51. The summed E-state index contributed by atoms with van der Waals surface area (Å²) >= 11 is 1.82. The van der Waals surface area contributed by atoms with Crippen molar-refractivity contribution in [1.82, 2.24) is 5.32 Å². The fraction of sp³-hybridized carbons (Fsp3) is 0.923. The molecule has 2 aliphatic rings. The number of nitrogens with one attached hydrogen (secondary N) is 1. The van der Waals surface area contributed by atoms with Crippen molar-refractivity contribution in [2.45, 2.75) is 51.0 Å². The SMILES string of the molecule is CC1(CNC(=O)C2(O)CCSCC2)CCCC1. The quantitative estimate of drug-likeness (QED) is 0.812. The number of hydrogen-bond acceptors (Lipinski definition) is 3. The van der Waals surface area contributed by atoms with Gasteiger partial charge in [-0.05, 0) is 42.6 Å². The van der Waals surface area contributed by atoms with E-state index >= 15 is 0 Å². The van der Waals surface area contributed by atoms with Gasteiger partial charge in [0.1, 0.15) is 5.60 Å². The molecule has 0 atom stereocenters. The third kappa shape index (κ3) is 3.16. The number of carbonyl (C=O) groups excluding carboxylic acids is 1. The highest BCUT2D eigenvalue weighted by atomic mass is 32.2. The largest absolute Gasteiger partial charge is 0.380 e. The van der Waals surface area contributed by atoms with Crippen molar-refractivity contribution < 1.29 is 9.90 Å². The van der Waals surface area contributed by atoms with Gasteiger partial charge in [-0.25, -0.2) is 0 Å². The second-order valence-electron chi connectivity index (χ2n) is 5.84. The van der Waals surface area contributed by atoms with Crippen LogP contribution in [0.1, 0.15) is 45.4 Å². The van der Waals surface area contributed by atoms with E-state index in [1.807, 2.05) is 11.8 Å². The van der Waals surface area contributed by atoms with Crippen molar-refractivity contribution in [3.63, 3.8) is 0 Å². The fourth-order valence-corrected chi connectivity index (χ4v) is 3.97. The Balaban J connectivity index is 1.84. The van der Waals surface area contributed by atoms with Crippen LogP contribution in [0.15, 0.2) is 0 Å². The molecule has 1 amide bonds. The van der Waals surface area contributed by atoms with Crippen LogP contribution in [-0.4, -0.2) is 34.7 Å². The molecule has 0 radical (unpaired) electrons. The van der Waals surface area contributed by atoms with Gasteiger partial charge in [-0.3, -0.25) is 4.79 Å². The minimum absolute atomic E-state index is 0.147. The summed E-state index contributed by atoms with van der Waals surface area (Å²) in [6.45, 7) is 2.96. The highest BCUT2D eigenvalue weighted by Crippen LogP contribution is 2.37. The van der Waals surface area contributed by atoms with Crippen molar-refractivity contribution in [1.29, 1.82) is 0 Å². The number of aliphatic hydroxyl groups is 1. The molecule has 0 aromatic heterocycles. The average Bonchev–Trinajstić information content (AvgIpc) is 2.75. The molecule has 4 heteroatoms. The van der Waals surface area contributed by atoms with Crippen LogP contribution in [-0.2, 0) is 4.79 Å². The molecule has 3 nitrogen and oxygen atoms in total. The van der Waals surface area contributed by atoms with Crippen molar-refractivity contribution in [2.75, 3.05) is 18.1 Å². The van der Waals surface area contributed by atoms with Crippen LogP contribution in [0, 0.1) is 5.41 Å². The third-order valence-corrected chi connectivity index (χ3v) is 5.21. The summed E-state index contributed by atoms with van der Waals surface area (Å²) in [5, 5.41) is 13.2. The maximum absolute atomic E-state index is 12.0. The summed E-state index contributed by atoms with van der Waals surface area (Å²) in [5.74, 6) is 1.63. The predicted octanol–water partition coefficient (Wildman–Crippen LogP) is 1.94. The van der Waals surface area contributed by atoms with Gasteiger partial charge in [-0.15, -0.1) is 0 Å². The number of carbonyl (C=O) groups is 1. The Morgan fingerprint density at radius 2 is 1.82 bits per heavy atom. The van der Waals surface area contributed by atoms with Crippen molar-refractivity contribution in [2.24, 2.45) is 5.41 Å². The van der Waals surface area contributed by atoms with Crippen LogP contribution < -0.4 is 5.32 Å². The van der Waals surface area contributed by atoms with Gasteiger partial charge in [0, 0.05) is 6.54 Å². The zero-order valence-electron chi connectivity index (χ0n) is 10.6. The molecule has 2 rings (SSSR count). The minimum Gasteiger partial charge on any atom is -0.380 e. The van der Waals surface area contributed by atoms with E-state index in [0.717, 1.165) is 18.1 Å². The van der Waals surface area contributed by atoms with E-state index in [0.29, 0.717) is 12.8 Å². The summed E-state index contributed by atoms with van der Waals surface area (Å²) < 4.78 is 0. The summed E-state index contributed by atoms with van der Waals surface area (Å²) in [6.07, 6.45) is 6.13. The van der Waals surface area contributed by atoms with Gasteiger partial charge >= 0.3 is 0 Å². The van der Waals surface area contributed by atoms with Crippen molar-refractivity contribution in [3.05, 3.63) is 0 Å². The standard InChI is InChI=1S/C13H23NO2S/c1-12(4-2-3-5-12)10-14-11(15)13(16)6-8-17-9-7-13/h16H,2-10H2,1H3,(H,14,15). The Morgan fingerprint density at radius 3 is 2.41 bits per heavy atom. The Labute approximate surface area is 108 Å². The first-order chi connectivity index (χ1) is 8.04. The van der Waals surface area contributed by atoms with E-state index in [2.05, 4.69) is 12.2 Å². The van der Waals surface area contributed by atoms with Crippen molar-refractivity contribution in [3.8, 4) is 0 Å². The van der Waals surface area contributed by atoms with E-state index in [-0.39, 0.29) is 11.3 Å². The fourth-order valence-electron chi connectivity index (χ4n) is 2.80. The zero-order valence-corrected chi connectivity index (χ0v) is 11.4. The molecule has 0 spiro atoms. The molecule has 1 saturated heterocycles. The lowest BCUT2D eigenvalue weighted by molar-refractivity contribution is -0.141. The van der Waals surface area contributed by atoms with Gasteiger partial charge in [0.2, 0.25) is 0 Å². The second kappa shape index (κ2) is 5.19. The predicted molar refractivity (Wildman–Crippen MR) is 71.1 cm³/mol. The van der Waals surface area contributed by atoms with Crippen LogP contribution >= 0.6 is 11.8 Å². The molecule has 1 aliphatic heterocycles. The summed E-state index contributed by atoms with van der Waals surface area (Å²) in [5.41, 5.74) is -0.838. The van der Waals surface area contributed by atoms with Crippen LogP contribution in [0.2, 0.25) is 0 Å². The first-order valence-electron chi connectivity index (χ1n) is 6.63. The van der Waals surface area contributed by atoms with Crippen LogP contribution in [0.4, 0.5) is 0 Å². The lowest BCUT2D eigenvalue weighted by atomic mass is 9.88. The normalized spacial score (nSPS) is 26.7. The van der Waals surface area contributed by atoms with Gasteiger partial charge in [-0.2, -0.15) is 11.8 Å². The van der Waals surface area contributed by atoms with E-state index in [1.54, 1.807) is 0 Å². The maximum atomic E-state index is 12.0. The molecule has 17 heavy (non-hydrogen) atoms. The molecular formula is C13H23NO2S. The summed E-state index contributed by atoms with van der Waals surface area (Å²) in [6, 6.07) is 0. The molecule has 2 N–H and O–H groups in total. The van der Waals surface area contributed by atoms with Gasteiger partial charge in [-0.1, -0.05) is 19.8 Å². The van der Waals surface area contributed by atoms with Gasteiger partial charge < -0.3 is 10.4 Å². The smallest absolute Gasteiger partial charge is 0.252 e. The monoisotopic (exact) mass is 257 g/mol. The average molecular weight is 257 g/mol. The Kier molecular flexibility index (Phi) is 4.03. The van der Waals surface area contributed by atoms with E-state index in [4.69, 9.17) is 0 Å². The minimum atomic E-state index is -1.10. The first-order valence-corrected chi connectivity index (χ1v) is 7.78. The highest BCUT2D eigenvalue weighted by molar-refractivity contribution is 7.99. The lowest BCUT2D eigenvalue weighted by Gasteiger charge is -2.32. The molecule has 0 aromatic rings. The molecule has 2 fully saturated rings. The Hall–Kier alpha value is -0.220. The molecule has 1 saturated carbocycles. The van der Waals surface area contributed by atoms with Crippen molar-refractivity contribution >= 4 is 17.7 Å². The van der Waals surface area contributed by atoms with E-state index in [9.17, 15) is 9.90 Å². The molecule has 98 valence electrons. The van der Waals surface area contributed by atoms with Gasteiger partial charge in [0.05, 0.1) is 0 Å². The highest BCUT2D eigenvalue weighted by Gasteiger charge is 2.38. The van der Waals surface area contributed by atoms with Gasteiger partial charge in [0.25, 0.3) is 5.91 Å². The Morgan fingerprint density at radius 1 is 1.24 bits per heavy atom. The number of rotatable bonds is 3. The van der Waals surface area contributed by atoms with Crippen LogP contribution in [0.25, 0.3) is 0 Å². The maximum Gasteiger partial charge on any atom is 0.252 e. The number of amides is 1. The summed E-state index contributed by atoms with van der Waals surface area (Å²) in [4.78, 5) is 12.0. The molecule has 1 aliphatic carbocycles. The van der Waals surface area contributed by atoms with Crippen LogP contribution in [0.3, 0.4) is 0 Å². The molecular weight excluding hydrogens is 234 g/mol. The third-order valence-electron chi connectivity index (χ3n) is 4.23. The van der Waals surface area contributed by atoms with E-state index < -0.39 is 5.60 Å². The second-order valence-corrected chi connectivity index (χ2v) is 7.07. The van der Waals surface area contributed by atoms with Gasteiger partial charge in [0.15, 0.2) is 0 Å². The zero-order chi connectivity index (χ0) is 12.4. The molecule has 0 unspecified atom stereocenters. The van der Waals surface area contributed by atoms with Crippen LogP contribution in [0.5, 0.6) is 0 Å². The Bertz CT molecular complexity index is 281. The number of thioether (sulfide) groups is 1. The van der Waals surface area contributed by atoms with E-state index in [1.165, 1.54) is 25.7 Å². The molecule has 0 bridgehead atoms.